The molecule has 0 spiro atoms. The molecule has 0 unspecified atom stereocenters. The van der Waals surface area contributed by atoms with Crippen LogP contribution in [0.15, 0.2) is 59.0 Å². The zero-order valence-corrected chi connectivity index (χ0v) is 17.0. The number of rotatable bonds is 8. The number of carbonyl (C=O) groups is 1. The van der Waals surface area contributed by atoms with Gasteiger partial charge in [0.25, 0.3) is 5.95 Å². The van der Waals surface area contributed by atoms with Crippen LogP contribution in [0.2, 0.25) is 0 Å². The molecule has 0 fully saturated rings. The van der Waals surface area contributed by atoms with Gasteiger partial charge in [0.15, 0.2) is 0 Å². The zero-order chi connectivity index (χ0) is 20.6. The van der Waals surface area contributed by atoms with Crippen LogP contribution in [0.25, 0.3) is 0 Å². The van der Waals surface area contributed by atoms with E-state index in [2.05, 4.69) is 31.0 Å². The summed E-state index contributed by atoms with van der Waals surface area (Å²) in [5, 5.41) is 15.5. The number of nitrogen functional groups attached to an aromatic ring is 1. The van der Waals surface area contributed by atoms with E-state index in [9.17, 15) is 4.79 Å². The van der Waals surface area contributed by atoms with Gasteiger partial charge in [-0.25, -0.2) is 10.1 Å². The Labute approximate surface area is 172 Å². The lowest BCUT2D eigenvalue weighted by Crippen LogP contribution is -2.25. The van der Waals surface area contributed by atoms with E-state index in [1.807, 2.05) is 50.2 Å². The number of hydrogen-bond donors (Lipinski definition) is 3. The summed E-state index contributed by atoms with van der Waals surface area (Å²) in [6.07, 6.45) is 3.39. The fourth-order valence-electron chi connectivity index (χ4n) is 2.33. The van der Waals surface area contributed by atoms with Gasteiger partial charge in [0.1, 0.15) is 0 Å². The number of aryl methyl sites for hydroxylation is 1. The van der Waals surface area contributed by atoms with Crippen molar-refractivity contribution in [1.82, 2.24) is 25.2 Å². The molecular weight excluding hydrogens is 388 g/mol. The van der Waals surface area contributed by atoms with Crippen molar-refractivity contribution >= 4 is 29.3 Å². The summed E-state index contributed by atoms with van der Waals surface area (Å²) < 4.78 is 1.27. The maximum absolute atomic E-state index is 12.1. The minimum absolute atomic E-state index is 0.111. The van der Waals surface area contributed by atoms with Crippen LogP contribution in [0, 0.1) is 6.92 Å². The van der Waals surface area contributed by atoms with Crippen LogP contribution in [-0.2, 0) is 11.3 Å². The smallest absolute Gasteiger partial charge is 0.264 e. The molecule has 0 saturated heterocycles. The molecule has 3 aromatic rings. The molecule has 2 aromatic heterocycles. The second kappa shape index (κ2) is 9.69. The number of anilines is 1. The van der Waals surface area contributed by atoms with E-state index in [1.54, 1.807) is 12.4 Å². The number of pyridine rings is 1. The average molecular weight is 411 g/mol. The van der Waals surface area contributed by atoms with Crippen molar-refractivity contribution in [3.05, 3.63) is 65.5 Å². The summed E-state index contributed by atoms with van der Waals surface area (Å²) in [7, 11) is 0. The fraction of sp³-hybridized carbons (Fsp3) is 0.211. The second-order valence-electron chi connectivity index (χ2n) is 6.27. The molecular formula is C19H22N8OS. The van der Waals surface area contributed by atoms with Crippen LogP contribution in [0.5, 0.6) is 0 Å². The Morgan fingerprint density at radius 3 is 2.62 bits per heavy atom. The summed E-state index contributed by atoms with van der Waals surface area (Å²) in [5.74, 6) is 6.34. The van der Waals surface area contributed by atoms with Crippen molar-refractivity contribution in [2.24, 2.45) is 5.10 Å². The van der Waals surface area contributed by atoms with E-state index >= 15 is 0 Å². The van der Waals surface area contributed by atoms with Gasteiger partial charge < -0.3 is 11.2 Å². The molecule has 0 aliphatic rings. The van der Waals surface area contributed by atoms with Crippen molar-refractivity contribution in [3.8, 4) is 0 Å². The largest absolute Gasteiger partial charge is 0.351 e. The Kier molecular flexibility index (Phi) is 6.80. The van der Waals surface area contributed by atoms with Crippen LogP contribution < -0.4 is 16.6 Å². The topological polar surface area (TPSA) is 123 Å². The van der Waals surface area contributed by atoms with E-state index in [0.717, 1.165) is 16.8 Å². The molecule has 0 atom stereocenters. The van der Waals surface area contributed by atoms with Crippen LogP contribution in [0.4, 0.5) is 5.95 Å². The van der Waals surface area contributed by atoms with Crippen LogP contribution in [-0.4, -0.2) is 37.2 Å². The van der Waals surface area contributed by atoms with Gasteiger partial charge in [-0.15, -0.1) is 10.2 Å². The molecule has 1 amide bonds. The van der Waals surface area contributed by atoms with Crippen molar-refractivity contribution in [3.63, 3.8) is 0 Å². The number of amides is 1. The Morgan fingerprint density at radius 1 is 1.17 bits per heavy atom. The molecule has 0 bridgehead atoms. The Balaban J connectivity index is 1.50. The van der Waals surface area contributed by atoms with E-state index in [-0.39, 0.29) is 17.6 Å². The molecule has 0 radical (unpaired) electrons. The van der Waals surface area contributed by atoms with Gasteiger partial charge in [0.05, 0.1) is 11.5 Å². The van der Waals surface area contributed by atoms with E-state index in [0.29, 0.717) is 11.7 Å². The highest BCUT2D eigenvalue weighted by Crippen LogP contribution is 2.16. The van der Waals surface area contributed by atoms with Crippen LogP contribution in [0.3, 0.4) is 0 Å². The number of hydrazone groups is 1. The standard InChI is InChI=1S/C19H22N8OS/c1-13-3-5-15(6-4-13)11-22-17(28)12-29-19-26-25-18(27(19)20)24-23-14(2)16-7-9-21-10-8-16/h3-10H,11-12,20H2,1-2H3,(H,22,28)(H,24,25)/b23-14+. The van der Waals surface area contributed by atoms with Gasteiger partial charge >= 0.3 is 0 Å². The van der Waals surface area contributed by atoms with Gasteiger partial charge in [-0.1, -0.05) is 41.6 Å². The first-order valence-corrected chi connectivity index (χ1v) is 9.87. The van der Waals surface area contributed by atoms with Crippen LogP contribution in [0.1, 0.15) is 23.6 Å². The van der Waals surface area contributed by atoms with Crippen molar-refractivity contribution in [2.75, 3.05) is 17.0 Å². The Morgan fingerprint density at radius 2 is 1.90 bits per heavy atom. The number of thioether (sulfide) groups is 1. The molecule has 3 rings (SSSR count). The molecule has 1 aromatic carbocycles. The first-order chi connectivity index (χ1) is 14.0. The normalized spacial score (nSPS) is 11.3. The Hall–Kier alpha value is -3.40. The number of nitrogens with zero attached hydrogens (tertiary/aromatic N) is 5. The summed E-state index contributed by atoms with van der Waals surface area (Å²) in [5.41, 5.74) is 6.69. The second-order valence-corrected chi connectivity index (χ2v) is 7.21. The van der Waals surface area contributed by atoms with Gasteiger partial charge in [-0.3, -0.25) is 9.78 Å². The first kappa shape index (κ1) is 20.3. The molecule has 0 saturated carbocycles. The highest BCUT2D eigenvalue weighted by molar-refractivity contribution is 7.99. The molecule has 10 heteroatoms. The summed E-state index contributed by atoms with van der Waals surface area (Å²) in [4.78, 5) is 16.0. The maximum Gasteiger partial charge on any atom is 0.264 e. The van der Waals surface area contributed by atoms with Gasteiger partial charge in [0.2, 0.25) is 11.1 Å². The summed E-state index contributed by atoms with van der Waals surface area (Å²) in [6, 6.07) is 11.7. The number of hydrogen-bond acceptors (Lipinski definition) is 8. The zero-order valence-electron chi connectivity index (χ0n) is 16.2. The molecule has 0 aliphatic heterocycles. The summed E-state index contributed by atoms with van der Waals surface area (Å²) in [6.45, 7) is 4.36. The van der Waals surface area contributed by atoms with E-state index in [1.165, 1.54) is 22.0 Å². The third-order valence-electron chi connectivity index (χ3n) is 4.03. The number of aromatic nitrogens is 4. The highest BCUT2D eigenvalue weighted by atomic mass is 32.2. The minimum atomic E-state index is -0.111. The molecule has 29 heavy (non-hydrogen) atoms. The minimum Gasteiger partial charge on any atom is -0.351 e. The maximum atomic E-state index is 12.1. The van der Waals surface area contributed by atoms with Gasteiger partial charge in [-0.05, 0) is 31.5 Å². The highest BCUT2D eigenvalue weighted by Gasteiger charge is 2.12. The number of benzene rings is 1. The predicted molar refractivity (Wildman–Crippen MR) is 114 cm³/mol. The third-order valence-corrected chi connectivity index (χ3v) is 4.97. The van der Waals surface area contributed by atoms with Crippen molar-refractivity contribution in [2.45, 2.75) is 25.5 Å². The SMILES string of the molecule is C/C(=N\Nc1nnc(SCC(=O)NCc2ccc(C)cc2)n1N)c1ccncc1. The predicted octanol–water partition coefficient (Wildman–Crippen LogP) is 1.94. The molecule has 150 valence electrons. The van der Waals surface area contributed by atoms with E-state index < -0.39 is 0 Å². The molecule has 2 heterocycles. The van der Waals surface area contributed by atoms with Crippen molar-refractivity contribution in [1.29, 1.82) is 0 Å². The molecule has 0 aliphatic carbocycles. The van der Waals surface area contributed by atoms with Crippen molar-refractivity contribution < 1.29 is 4.79 Å². The Bertz CT molecular complexity index is 985. The van der Waals surface area contributed by atoms with Gasteiger partial charge in [-0.2, -0.15) is 5.10 Å². The first-order valence-electron chi connectivity index (χ1n) is 8.89. The third kappa shape index (κ3) is 5.79. The summed E-state index contributed by atoms with van der Waals surface area (Å²) >= 11 is 1.20. The number of nitrogens with one attached hydrogen (secondary N) is 2. The molecule has 4 N–H and O–H groups in total. The molecule has 9 nitrogen and oxygen atoms in total. The lowest BCUT2D eigenvalue weighted by molar-refractivity contribution is -0.118. The number of carbonyl (C=O) groups excluding carboxylic acids is 1. The quantitative estimate of drug-likeness (QED) is 0.224. The lowest BCUT2D eigenvalue weighted by atomic mass is 10.1. The monoisotopic (exact) mass is 410 g/mol. The van der Waals surface area contributed by atoms with Gasteiger partial charge in [0, 0.05) is 24.5 Å². The fourth-order valence-corrected chi connectivity index (χ4v) is 3.02. The number of nitrogens with two attached hydrogens (primary N) is 1. The average Bonchev–Trinajstić information content (AvgIpc) is 3.10. The van der Waals surface area contributed by atoms with Crippen LogP contribution >= 0.6 is 11.8 Å². The lowest BCUT2D eigenvalue weighted by Gasteiger charge is -2.06. The van der Waals surface area contributed by atoms with E-state index in [4.69, 9.17) is 5.84 Å².